The van der Waals surface area contributed by atoms with Crippen molar-refractivity contribution >= 4 is 45.0 Å². The van der Waals surface area contributed by atoms with Crippen LogP contribution in [0.2, 0.25) is 5.02 Å². The topological polar surface area (TPSA) is 123 Å². The smallest absolute Gasteiger partial charge is 0.417 e. The average molecular weight is 1000 g/mol. The first kappa shape index (κ1) is 51.3. The number of benzene rings is 2. The van der Waals surface area contributed by atoms with E-state index in [9.17, 15) is 40.9 Å². The predicted octanol–water partition coefficient (Wildman–Crippen LogP) is 11.4. The molecule has 70 heavy (non-hydrogen) atoms. The molecule has 6 aromatic rings. The molecular formula is C52H60ClF7N6O4. The number of anilines is 2. The van der Waals surface area contributed by atoms with E-state index in [0.717, 1.165) is 53.9 Å². The van der Waals surface area contributed by atoms with Gasteiger partial charge in [-0.2, -0.15) is 26.3 Å². The first-order chi connectivity index (χ1) is 32.8. The SMILES string of the molecule is CC(C)(CC(O)(Cc1cc2cc(N3CCOCC3)ncc2[nH]1)C(F)(F)F)c1cc(Cl)cc2c1OCC2.Cc1ccc(F)cc1C(C)(C)CC(O)(Cc1cc2cc(N3CCCCC3)ncc2[nH]1)C(F)(F)F. The number of hydrogen-bond acceptors (Lipinski definition) is 8. The van der Waals surface area contributed by atoms with Gasteiger partial charge in [0, 0.05) is 78.2 Å². The lowest BCUT2D eigenvalue weighted by molar-refractivity contribution is -0.266. The second-order valence-corrected chi connectivity index (χ2v) is 21.0. The van der Waals surface area contributed by atoms with E-state index in [0.29, 0.717) is 77.8 Å². The van der Waals surface area contributed by atoms with E-state index in [1.807, 2.05) is 12.1 Å². The Morgan fingerprint density at radius 3 is 1.70 bits per heavy atom. The number of alkyl halides is 6. The number of morpholine rings is 1. The van der Waals surface area contributed by atoms with E-state index in [1.54, 1.807) is 77.3 Å². The number of halogens is 8. The van der Waals surface area contributed by atoms with Crippen LogP contribution in [0.25, 0.3) is 21.8 Å². The van der Waals surface area contributed by atoms with Crippen LogP contribution >= 0.6 is 11.6 Å². The van der Waals surface area contributed by atoms with Gasteiger partial charge in [0.05, 0.1) is 43.2 Å². The third-order valence-corrected chi connectivity index (χ3v) is 14.2. The van der Waals surface area contributed by atoms with Crippen molar-refractivity contribution in [1.29, 1.82) is 0 Å². The van der Waals surface area contributed by atoms with Crippen molar-refractivity contribution in [2.24, 2.45) is 0 Å². The van der Waals surface area contributed by atoms with Crippen molar-refractivity contribution in [3.63, 3.8) is 0 Å². The summed E-state index contributed by atoms with van der Waals surface area (Å²) in [4.78, 5) is 19.2. The highest BCUT2D eigenvalue weighted by atomic mass is 35.5. The van der Waals surface area contributed by atoms with Gasteiger partial charge < -0.3 is 39.5 Å². The summed E-state index contributed by atoms with van der Waals surface area (Å²) in [5.74, 6) is 1.61. The van der Waals surface area contributed by atoms with Crippen LogP contribution in [0.3, 0.4) is 0 Å². The monoisotopic (exact) mass is 1000 g/mol. The van der Waals surface area contributed by atoms with Crippen molar-refractivity contribution in [2.45, 2.75) is 120 Å². The summed E-state index contributed by atoms with van der Waals surface area (Å²) in [6.45, 7) is 13.2. The normalized spacial score (nSPS) is 17.8. The number of H-pyrrole nitrogens is 2. The first-order valence-corrected chi connectivity index (χ1v) is 24.0. The molecule has 7 heterocycles. The van der Waals surface area contributed by atoms with Gasteiger partial charge in [-0.1, -0.05) is 45.4 Å². The molecule has 0 aliphatic carbocycles. The molecule has 0 spiro atoms. The van der Waals surface area contributed by atoms with Crippen LogP contribution < -0.4 is 14.5 Å². The fourth-order valence-electron chi connectivity index (χ4n) is 10.5. The van der Waals surface area contributed by atoms with Gasteiger partial charge in [0.2, 0.25) is 0 Å². The van der Waals surface area contributed by atoms with Crippen LogP contribution in [0.1, 0.15) is 93.4 Å². The molecule has 378 valence electrons. The molecular weight excluding hydrogens is 941 g/mol. The highest BCUT2D eigenvalue weighted by Crippen LogP contribution is 2.48. The number of aromatic amines is 2. The molecule has 10 nitrogen and oxygen atoms in total. The Balaban J connectivity index is 0.000000189. The minimum Gasteiger partial charge on any atom is -0.493 e. The van der Waals surface area contributed by atoms with E-state index < -0.39 is 65.9 Å². The molecule has 0 saturated carbocycles. The third-order valence-electron chi connectivity index (χ3n) is 14.0. The Kier molecular flexibility index (Phi) is 14.3. The van der Waals surface area contributed by atoms with Crippen LogP contribution in [0.15, 0.2) is 67.0 Å². The Bertz CT molecular complexity index is 2820. The number of hydrogen-bond donors (Lipinski definition) is 4. The summed E-state index contributed by atoms with van der Waals surface area (Å²) in [7, 11) is 0. The van der Waals surface area contributed by atoms with E-state index in [1.165, 1.54) is 18.6 Å². The van der Waals surface area contributed by atoms with E-state index in [4.69, 9.17) is 21.1 Å². The Morgan fingerprint density at radius 2 is 1.17 bits per heavy atom. The fourth-order valence-corrected chi connectivity index (χ4v) is 10.8. The van der Waals surface area contributed by atoms with Crippen LogP contribution in [0.5, 0.6) is 5.75 Å². The van der Waals surface area contributed by atoms with Gasteiger partial charge in [-0.25, -0.2) is 14.4 Å². The minimum absolute atomic E-state index is 0.277. The molecule has 0 bridgehead atoms. The van der Waals surface area contributed by atoms with Gasteiger partial charge in [-0.15, -0.1) is 0 Å². The van der Waals surface area contributed by atoms with E-state index in [2.05, 4.69) is 29.7 Å². The van der Waals surface area contributed by atoms with Crippen LogP contribution in [0, 0.1) is 12.7 Å². The lowest BCUT2D eigenvalue weighted by Gasteiger charge is -2.38. The lowest BCUT2D eigenvalue weighted by Crippen LogP contribution is -2.51. The Hall–Kier alpha value is -5.10. The second kappa shape index (κ2) is 19.5. The van der Waals surface area contributed by atoms with Crippen LogP contribution in [0.4, 0.5) is 42.4 Å². The van der Waals surface area contributed by atoms with E-state index in [-0.39, 0.29) is 11.4 Å². The quantitative estimate of drug-likeness (QED) is 0.0894. The van der Waals surface area contributed by atoms with Gasteiger partial charge in [-0.05, 0) is 115 Å². The molecule has 4 N–H and O–H groups in total. The maximum atomic E-state index is 14.4. The maximum Gasteiger partial charge on any atom is 0.417 e. The average Bonchev–Trinajstić information content (AvgIpc) is 4.04. The summed E-state index contributed by atoms with van der Waals surface area (Å²) in [5, 5.41) is 24.1. The molecule has 2 aromatic carbocycles. The van der Waals surface area contributed by atoms with Crippen molar-refractivity contribution in [2.75, 3.05) is 55.8 Å². The summed E-state index contributed by atoms with van der Waals surface area (Å²) in [6.07, 6.45) is -4.88. The molecule has 2 saturated heterocycles. The maximum absolute atomic E-state index is 14.4. The zero-order valence-corrected chi connectivity index (χ0v) is 40.7. The van der Waals surface area contributed by atoms with Crippen molar-refractivity contribution < 1.29 is 50.4 Å². The van der Waals surface area contributed by atoms with Crippen LogP contribution in [-0.4, -0.2) is 99.7 Å². The summed E-state index contributed by atoms with van der Waals surface area (Å²) >= 11 is 6.28. The number of fused-ring (bicyclic) bond motifs is 3. The van der Waals surface area contributed by atoms with Gasteiger partial charge in [0.15, 0.2) is 11.2 Å². The molecule has 0 amide bonds. The number of aliphatic hydroxyl groups is 2. The standard InChI is InChI=1S/C26H29ClF3N3O3.C26H31F4N3O/c1-24(2,20-12-18(27)9-16-3-6-36-23(16)20)15-25(34,26(28,29)30)13-19-10-17-11-22(31-14-21(17)32-19)33-4-7-35-8-5-33;1-17-7-8-19(27)13-21(17)24(2,3)16-25(34,26(28,29)30)14-20-11-18-12-23(31-15-22(18)32-20)33-9-5-4-6-10-33/h9-12,14,32,34H,3-8,13,15H2,1-2H3;7-8,11-13,15,32,34H,4-6,9-10,14,16H2,1-3H3. The first-order valence-electron chi connectivity index (χ1n) is 23.7. The molecule has 9 rings (SSSR count). The summed E-state index contributed by atoms with van der Waals surface area (Å²) in [6, 6.07) is 14.5. The Morgan fingerprint density at radius 1 is 0.657 bits per heavy atom. The largest absolute Gasteiger partial charge is 0.493 e. The zero-order chi connectivity index (χ0) is 50.4. The molecule has 18 heteroatoms. The van der Waals surface area contributed by atoms with Crippen LogP contribution in [-0.2, 0) is 34.8 Å². The zero-order valence-electron chi connectivity index (χ0n) is 40.0. The third kappa shape index (κ3) is 11.0. The van der Waals surface area contributed by atoms with Gasteiger partial charge >= 0.3 is 12.4 Å². The number of piperidine rings is 1. The minimum atomic E-state index is -4.87. The van der Waals surface area contributed by atoms with E-state index >= 15 is 0 Å². The second-order valence-electron chi connectivity index (χ2n) is 20.5. The molecule has 2 fully saturated rings. The van der Waals surface area contributed by atoms with Crippen molar-refractivity contribution in [3.05, 3.63) is 111 Å². The summed E-state index contributed by atoms with van der Waals surface area (Å²) in [5.41, 5.74) is -3.79. The molecule has 0 radical (unpaired) electrons. The number of nitrogens with one attached hydrogen (secondary N) is 2. The molecule has 2 atom stereocenters. The predicted molar refractivity (Wildman–Crippen MR) is 258 cm³/mol. The number of aromatic nitrogens is 4. The lowest BCUT2D eigenvalue weighted by atomic mass is 9.72. The Labute approximate surface area is 407 Å². The van der Waals surface area contributed by atoms with Gasteiger partial charge in [-0.3, -0.25) is 0 Å². The number of pyridine rings is 2. The highest BCUT2D eigenvalue weighted by Gasteiger charge is 2.57. The fraction of sp³-hybridized carbons (Fsp3) is 0.500. The molecule has 4 aromatic heterocycles. The molecule has 3 aliphatic rings. The van der Waals surface area contributed by atoms with Crippen molar-refractivity contribution in [1.82, 2.24) is 19.9 Å². The van der Waals surface area contributed by atoms with Gasteiger partial charge in [0.1, 0.15) is 23.2 Å². The number of ether oxygens (including phenoxy) is 2. The number of aryl methyl sites for hydroxylation is 1. The van der Waals surface area contributed by atoms with Crippen molar-refractivity contribution in [3.8, 4) is 5.75 Å². The van der Waals surface area contributed by atoms with Gasteiger partial charge in [0.25, 0.3) is 0 Å². The molecule has 3 aliphatic heterocycles. The highest BCUT2D eigenvalue weighted by molar-refractivity contribution is 6.30. The summed E-state index contributed by atoms with van der Waals surface area (Å²) < 4.78 is 111. The number of nitrogens with zero attached hydrogens (tertiary/aromatic N) is 4. The number of rotatable bonds is 12. The molecule has 2 unspecified atom stereocenters.